The van der Waals surface area contributed by atoms with E-state index >= 15 is 0 Å². The van der Waals surface area contributed by atoms with Gasteiger partial charge in [0.15, 0.2) is 0 Å². The van der Waals surface area contributed by atoms with E-state index in [1.165, 1.54) is 0 Å². The first-order chi connectivity index (χ1) is 8.49. The van der Waals surface area contributed by atoms with Gasteiger partial charge in [-0.1, -0.05) is 0 Å². The van der Waals surface area contributed by atoms with Crippen LogP contribution in [0.1, 0.15) is 42.7 Å². The Bertz CT molecular complexity index is 548. The van der Waals surface area contributed by atoms with Crippen LogP contribution in [-0.2, 0) is 0 Å². The summed E-state index contributed by atoms with van der Waals surface area (Å²) >= 11 is 0. The number of anilines is 1. The molecule has 2 heterocycles. The normalized spacial score (nSPS) is 12.9. The molecule has 0 amide bonds. The Morgan fingerprint density at radius 2 is 2.06 bits per heavy atom. The van der Waals surface area contributed by atoms with Crippen molar-refractivity contribution in [3.63, 3.8) is 0 Å². The molecule has 2 aromatic rings. The predicted molar refractivity (Wildman–Crippen MR) is 70.1 cm³/mol. The van der Waals surface area contributed by atoms with Crippen LogP contribution in [0, 0.1) is 6.92 Å². The molecule has 0 fully saturated rings. The SMILES string of the molecule is Cc1cnc(N)c(C(O)c2cnn(C(C)C)c2)c1. The van der Waals surface area contributed by atoms with Crippen LogP contribution in [-0.4, -0.2) is 19.9 Å². The molecule has 1 atom stereocenters. The molecule has 0 aliphatic rings. The number of aliphatic hydroxyl groups excluding tert-OH is 1. The molecule has 0 saturated carbocycles. The van der Waals surface area contributed by atoms with Gasteiger partial charge in [-0.15, -0.1) is 0 Å². The molecule has 96 valence electrons. The molecule has 0 spiro atoms. The fourth-order valence-electron chi connectivity index (χ4n) is 1.78. The number of nitrogens with zero attached hydrogens (tertiary/aromatic N) is 3. The fraction of sp³-hybridized carbons (Fsp3) is 0.385. The van der Waals surface area contributed by atoms with Gasteiger partial charge in [0.2, 0.25) is 0 Å². The van der Waals surface area contributed by atoms with Gasteiger partial charge < -0.3 is 10.8 Å². The molecule has 18 heavy (non-hydrogen) atoms. The number of nitrogens with two attached hydrogens (primary N) is 1. The highest BCUT2D eigenvalue weighted by molar-refractivity contribution is 5.45. The maximum absolute atomic E-state index is 10.3. The summed E-state index contributed by atoms with van der Waals surface area (Å²) < 4.78 is 1.80. The molecule has 2 aromatic heterocycles. The summed E-state index contributed by atoms with van der Waals surface area (Å²) in [6.45, 7) is 5.98. The molecule has 0 radical (unpaired) electrons. The number of pyridine rings is 1. The Morgan fingerprint density at radius 3 is 2.67 bits per heavy atom. The van der Waals surface area contributed by atoms with Crippen molar-refractivity contribution in [1.82, 2.24) is 14.8 Å². The number of aryl methyl sites for hydroxylation is 1. The van der Waals surface area contributed by atoms with Crippen LogP contribution in [0.4, 0.5) is 5.82 Å². The van der Waals surface area contributed by atoms with Gasteiger partial charge in [-0.3, -0.25) is 4.68 Å². The van der Waals surface area contributed by atoms with Gasteiger partial charge in [0.25, 0.3) is 0 Å². The van der Waals surface area contributed by atoms with Gasteiger partial charge in [-0.2, -0.15) is 5.10 Å². The Labute approximate surface area is 106 Å². The Hall–Kier alpha value is -1.88. The quantitative estimate of drug-likeness (QED) is 0.866. The third kappa shape index (κ3) is 2.36. The van der Waals surface area contributed by atoms with Crippen molar-refractivity contribution in [3.8, 4) is 0 Å². The average molecular weight is 246 g/mol. The molecule has 0 aromatic carbocycles. The van der Waals surface area contributed by atoms with Crippen LogP contribution in [0.25, 0.3) is 0 Å². The second-order valence-electron chi connectivity index (χ2n) is 4.74. The minimum Gasteiger partial charge on any atom is -0.383 e. The van der Waals surface area contributed by atoms with Crippen LogP contribution in [0.3, 0.4) is 0 Å². The average Bonchev–Trinajstić information content (AvgIpc) is 2.81. The first-order valence-corrected chi connectivity index (χ1v) is 5.93. The van der Waals surface area contributed by atoms with Crippen molar-refractivity contribution in [1.29, 1.82) is 0 Å². The van der Waals surface area contributed by atoms with Crippen molar-refractivity contribution in [2.75, 3.05) is 5.73 Å². The van der Waals surface area contributed by atoms with E-state index in [1.807, 2.05) is 33.0 Å². The minimum absolute atomic E-state index is 0.263. The fourth-order valence-corrected chi connectivity index (χ4v) is 1.78. The van der Waals surface area contributed by atoms with Gasteiger partial charge >= 0.3 is 0 Å². The summed E-state index contributed by atoms with van der Waals surface area (Å²) in [5, 5.41) is 14.5. The van der Waals surface area contributed by atoms with E-state index < -0.39 is 6.10 Å². The van der Waals surface area contributed by atoms with E-state index in [4.69, 9.17) is 5.73 Å². The second kappa shape index (κ2) is 4.78. The number of aliphatic hydroxyl groups is 1. The summed E-state index contributed by atoms with van der Waals surface area (Å²) in [5.74, 6) is 0.352. The van der Waals surface area contributed by atoms with Gasteiger partial charge in [0.1, 0.15) is 11.9 Å². The zero-order valence-electron chi connectivity index (χ0n) is 10.8. The molecular formula is C13H18N4O. The first-order valence-electron chi connectivity index (χ1n) is 5.93. The zero-order valence-corrected chi connectivity index (χ0v) is 10.8. The van der Waals surface area contributed by atoms with Crippen LogP contribution in [0.15, 0.2) is 24.7 Å². The maximum atomic E-state index is 10.3. The topological polar surface area (TPSA) is 77.0 Å². The summed E-state index contributed by atoms with van der Waals surface area (Å²) in [6.07, 6.45) is 4.39. The lowest BCUT2D eigenvalue weighted by Crippen LogP contribution is -2.06. The second-order valence-corrected chi connectivity index (χ2v) is 4.74. The van der Waals surface area contributed by atoms with Crippen molar-refractivity contribution in [2.24, 2.45) is 0 Å². The lowest BCUT2D eigenvalue weighted by molar-refractivity contribution is 0.220. The van der Waals surface area contributed by atoms with Crippen LogP contribution >= 0.6 is 0 Å². The van der Waals surface area contributed by atoms with Crippen LogP contribution in [0.5, 0.6) is 0 Å². The smallest absolute Gasteiger partial charge is 0.129 e. The Morgan fingerprint density at radius 1 is 1.33 bits per heavy atom. The van der Waals surface area contributed by atoms with Crippen molar-refractivity contribution in [3.05, 3.63) is 41.3 Å². The maximum Gasteiger partial charge on any atom is 0.129 e. The third-order valence-corrected chi connectivity index (χ3v) is 2.85. The van der Waals surface area contributed by atoms with Crippen molar-refractivity contribution in [2.45, 2.75) is 32.9 Å². The number of hydrogen-bond acceptors (Lipinski definition) is 4. The molecular weight excluding hydrogens is 228 g/mol. The van der Waals surface area contributed by atoms with E-state index in [1.54, 1.807) is 17.1 Å². The highest BCUT2D eigenvalue weighted by atomic mass is 16.3. The van der Waals surface area contributed by atoms with Gasteiger partial charge in [0, 0.05) is 29.6 Å². The lowest BCUT2D eigenvalue weighted by Gasteiger charge is -2.12. The Balaban J connectivity index is 2.34. The van der Waals surface area contributed by atoms with E-state index in [2.05, 4.69) is 10.1 Å². The molecule has 5 heteroatoms. The van der Waals surface area contributed by atoms with Crippen LogP contribution in [0.2, 0.25) is 0 Å². The molecule has 5 nitrogen and oxygen atoms in total. The van der Waals surface area contributed by atoms with Gasteiger partial charge in [-0.05, 0) is 32.4 Å². The highest BCUT2D eigenvalue weighted by Gasteiger charge is 2.17. The van der Waals surface area contributed by atoms with Crippen molar-refractivity contribution >= 4 is 5.82 Å². The van der Waals surface area contributed by atoms with E-state index in [0.29, 0.717) is 11.4 Å². The summed E-state index contributed by atoms with van der Waals surface area (Å²) in [6, 6.07) is 2.11. The first kappa shape index (κ1) is 12.6. The van der Waals surface area contributed by atoms with E-state index in [-0.39, 0.29) is 6.04 Å². The molecule has 0 aliphatic carbocycles. The standard InChI is InChI=1S/C13H18N4O/c1-8(2)17-7-10(6-16-17)12(18)11-4-9(3)5-15-13(11)14/h4-8,12,18H,1-3H3,(H2,14,15). The van der Waals surface area contributed by atoms with Crippen molar-refractivity contribution < 1.29 is 5.11 Å². The molecule has 0 saturated heterocycles. The lowest BCUT2D eigenvalue weighted by atomic mass is 10.0. The number of nitrogen functional groups attached to an aromatic ring is 1. The molecule has 0 aliphatic heterocycles. The molecule has 3 N–H and O–H groups in total. The zero-order chi connectivity index (χ0) is 13.3. The molecule has 2 rings (SSSR count). The summed E-state index contributed by atoms with van der Waals surface area (Å²) in [5.41, 5.74) is 8.11. The predicted octanol–water partition coefficient (Wildman–Crippen LogP) is 1.83. The number of hydrogen-bond donors (Lipinski definition) is 2. The highest BCUT2D eigenvalue weighted by Crippen LogP contribution is 2.26. The number of rotatable bonds is 3. The largest absolute Gasteiger partial charge is 0.383 e. The molecule has 1 unspecified atom stereocenters. The van der Waals surface area contributed by atoms with Gasteiger partial charge in [-0.25, -0.2) is 4.98 Å². The van der Waals surface area contributed by atoms with E-state index in [0.717, 1.165) is 11.1 Å². The summed E-state index contributed by atoms with van der Waals surface area (Å²) in [4.78, 5) is 4.06. The number of aromatic nitrogens is 3. The van der Waals surface area contributed by atoms with Gasteiger partial charge in [0.05, 0.1) is 6.20 Å². The summed E-state index contributed by atoms with van der Waals surface area (Å²) in [7, 11) is 0. The minimum atomic E-state index is -0.787. The Kier molecular flexibility index (Phi) is 3.34. The van der Waals surface area contributed by atoms with Crippen LogP contribution < -0.4 is 5.73 Å². The van der Waals surface area contributed by atoms with E-state index in [9.17, 15) is 5.11 Å². The molecule has 0 bridgehead atoms. The monoisotopic (exact) mass is 246 g/mol. The third-order valence-electron chi connectivity index (χ3n) is 2.85.